The maximum atomic E-state index is 12.2. The third-order valence-corrected chi connectivity index (χ3v) is 8.24. The number of carboxylic acid groups (broad SMARTS) is 1. The van der Waals surface area contributed by atoms with Crippen LogP contribution in [0.3, 0.4) is 0 Å². The summed E-state index contributed by atoms with van der Waals surface area (Å²) in [7, 11) is 0. The number of unbranched alkanes of at least 4 members (excludes halogenated alkanes) is 2. The van der Waals surface area contributed by atoms with Gasteiger partial charge < -0.3 is 10.2 Å². The van der Waals surface area contributed by atoms with Crippen LogP contribution in [-0.4, -0.2) is 22.8 Å². The average Bonchev–Trinajstić information content (AvgIpc) is 2.77. The van der Waals surface area contributed by atoms with Gasteiger partial charge in [0.2, 0.25) is 0 Å². The molecule has 0 saturated carbocycles. The van der Waals surface area contributed by atoms with Crippen molar-refractivity contribution in [2.24, 2.45) is 10.8 Å². The Kier molecular flexibility index (Phi) is 11.1. The second-order valence-corrected chi connectivity index (χ2v) is 13.0. The highest BCUT2D eigenvalue weighted by molar-refractivity contribution is 7.13. The molecular formula is C28H38O5S2. The SMILES string of the molecule is CC(C)(CO)CCCCc1cc(=O)cc(C=Cc2cc(=O)cc(CCCCC(C)(C)C(=O)O)s2)s1. The molecule has 0 aliphatic rings. The van der Waals surface area contributed by atoms with E-state index in [2.05, 4.69) is 13.8 Å². The van der Waals surface area contributed by atoms with Gasteiger partial charge in [0.15, 0.2) is 10.9 Å². The van der Waals surface area contributed by atoms with Gasteiger partial charge in [-0.05, 0) is 82.1 Å². The van der Waals surface area contributed by atoms with E-state index in [-0.39, 0.29) is 22.9 Å². The number of hydrogen-bond acceptors (Lipinski definition) is 6. The molecule has 7 heteroatoms. The summed E-state index contributed by atoms with van der Waals surface area (Å²) in [5, 5.41) is 18.6. The molecule has 2 rings (SSSR count). The smallest absolute Gasteiger partial charge is 0.309 e. The summed E-state index contributed by atoms with van der Waals surface area (Å²) in [4.78, 5) is 39.3. The molecule has 5 nitrogen and oxygen atoms in total. The first-order chi connectivity index (χ1) is 16.4. The van der Waals surface area contributed by atoms with Crippen molar-refractivity contribution in [1.82, 2.24) is 0 Å². The highest BCUT2D eigenvalue weighted by atomic mass is 32.1. The molecule has 0 aliphatic carbocycles. The zero-order chi connectivity index (χ0) is 26.1. The molecular weight excluding hydrogens is 480 g/mol. The van der Waals surface area contributed by atoms with E-state index in [1.54, 1.807) is 60.8 Å². The van der Waals surface area contributed by atoms with Crippen molar-refractivity contribution >= 4 is 40.8 Å². The lowest BCUT2D eigenvalue weighted by Gasteiger charge is -2.20. The second kappa shape index (κ2) is 13.3. The van der Waals surface area contributed by atoms with Gasteiger partial charge in [-0.15, -0.1) is 22.7 Å². The van der Waals surface area contributed by atoms with Crippen molar-refractivity contribution in [1.29, 1.82) is 0 Å². The van der Waals surface area contributed by atoms with E-state index >= 15 is 0 Å². The molecule has 0 radical (unpaired) electrons. The third-order valence-electron chi connectivity index (χ3n) is 6.09. The maximum absolute atomic E-state index is 12.2. The van der Waals surface area contributed by atoms with Gasteiger partial charge in [0.1, 0.15) is 0 Å². The number of rotatable bonds is 14. The number of carboxylic acids is 1. The number of aliphatic hydroxyl groups excluding tert-OH is 1. The number of carbonyl (C=O) groups is 1. The van der Waals surface area contributed by atoms with Crippen LogP contribution in [0.15, 0.2) is 33.9 Å². The van der Waals surface area contributed by atoms with E-state index in [1.165, 1.54) is 0 Å². The summed E-state index contributed by atoms with van der Waals surface area (Å²) in [5.74, 6) is -0.786. The number of aliphatic hydroxyl groups is 1. The van der Waals surface area contributed by atoms with Crippen LogP contribution in [0.4, 0.5) is 0 Å². The lowest BCUT2D eigenvalue weighted by Crippen LogP contribution is -2.23. The van der Waals surface area contributed by atoms with Gasteiger partial charge >= 0.3 is 5.97 Å². The van der Waals surface area contributed by atoms with Crippen LogP contribution in [0.2, 0.25) is 0 Å². The first-order valence-electron chi connectivity index (χ1n) is 12.2. The summed E-state index contributed by atoms with van der Waals surface area (Å²) < 4.78 is 0. The largest absolute Gasteiger partial charge is 0.481 e. The van der Waals surface area contributed by atoms with E-state index in [0.717, 1.165) is 64.5 Å². The zero-order valence-electron chi connectivity index (χ0n) is 21.3. The molecule has 0 saturated heterocycles. The van der Waals surface area contributed by atoms with Crippen LogP contribution in [0.5, 0.6) is 0 Å². The summed E-state index contributed by atoms with van der Waals surface area (Å²) >= 11 is 3.14. The minimum atomic E-state index is -0.786. The fourth-order valence-corrected chi connectivity index (χ4v) is 5.70. The molecule has 0 bridgehead atoms. The van der Waals surface area contributed by atoms with E-state index < -0.39 is 11.4 Å². The Hall–Kier alpha value is -2.09. The third kappa shape index (κ3) is 10.6. The first-order valence-corrected chi connectivity index (χ1v) is 13.8. The van der Waals surface area contributed by atoms with Crippen LogP contribution in [0, 0.1) is 10.8 Å². The highest BCUT2D eigenvalue weighted by Crippen LogP contribution is 2.26. The predicted octanol–water partition coefficient (Wildman–Crippen LogP) is 6.26. The second-order valence-electron chi connectivity index (χ2n) is 10.6. The van der Waals surface area contributed by atoms with E-state index in [1.807, 2.05) is 12.2 Å². The Labute approximate surface area is 216 Å². The average molecular weight is 519 g/mol. The molecule has 0 unspecified atom stereocenters. The molecule has 2 aromatic rings. The van der Waals surface area contributed by atoms with E-state index in [9.17, 15) is 24.6 Å². The Morgan fingerprint density at radius 2 is 1.26 bits per heavy atom. The van der Waals surface area contributed by atoms with Crippen molar-refractivity contribution in [3.05, 3.63) is 64.2 Å². The number of aryl methyl sites for hydroxylation is 2. The van der Waals surface area contributed by atoms with Crippen molar-refractivity contribution in [3.63, 3.8) is 0 Å². The van der Waals surface area contributed by atoms with Crippen molar-refractivity contribution < 1.29 is 15.0 Å². The minimum absolute atomic E-state index is 0.0136. The molecule has 0 aliphatic heterocycles. The number of aliphatic carboxylic acids is 1. The Morgan fingerprint density at radius 3 is 1.69 bits per heavy atom. The molecule has 0 atom stereocenters. The zero-order valence-corrected chi connectivity index (χ0v) is 22.9. The van der Waals surface area contributed by atoms with Crippen LogP contribution in [-0.2, 0) is 17.6 Å². The molecule has 0 fully saturated rings. The molecule has 2 N–H and O–H groups in total. The molecule has 0 amide bonds. The fourth-order valence-electron chi connectivity index (χ4n) is 3.63. The van der Waals surface area contributed by atoms with Gasteiger partial charge in [0.05, 0.1) is 5.41 Å². The van der Waals surface area contributed by atoms with E-state index in [0.29, 0.717) is 6.42 Å². The summed E-state index contributed by atoms with van der Waals surface area (Å²) in [6, 6.07) is 6.58. The standard InChI is InChI=1S/C28H38O5S2/c1-27(2,19-29)13-7-5-9-22-15-20(30)17-24(34-22)11-12-25-18-21(31)16-23(35-25)10-6-8-14-28(3,4)26(32)33/h11-12,15-18,29H,5-10,13-14,19H2,1-4H3,(H,32,33). The lowest BCUT2D eigenvalue weighted by atomic mass is 9.87. The summed E-state index contributed by atoms with van der Waals surface area (Å²) in [6.45, 7) is 7.76. The van der Waals surface area contributed by atoms with Gasteiger partial charge in [-0.2, -0.15) is 0 Å². The van der Waals surface area contributed by atoms with Crippen LogP contribution in [0.1, 0.15) is 85.7 Å². The fraction of sp³-hybridized carbons (Fsp3) is 0.536. The lowest BCUT2D eigenvalue weighted by molar-refractivity contribution is -0.147. The Bertz CT molecular complexity index is 1120. The van der Waals surface area contributed by atoms with Crippen molar-refractivity contribution in [2.45, 2.75) is 79.1 Å². The number of hydrogen-bond donors (Lipinski definition) is 2. The molecule has 2 heterocycles. The maximum Gasteiger partial charge on any atom is 0.309 e. The van der Waals surface area contributed by atoms with Gasteiger partial charge in [0.25, 0.3) is 0 Å². The van der Waals surface area contributed by atoms with Gasteiger partial charge in [-0.1, -0.05) is 26.7 Å². The van der Waals surface area contributed by atoms with Crippen molar-refractivity contribution in [2.75, 3.05) is 6.61 Å². The quantitative estimate of drug-likeness (QED) is 0.288. The van der Waals surface area contributed by atoms with Crippen LogP contribution >= 0.6 is 22.7 Å². The summed E-state index contributed by atoms with van der Waals surface area (Å²) in [6.07, 6.45) is 10.5. The van der Waals surface area contributed by atoms with Gasteiger partial charge in [-0.25, -0.2) is 0 Å². The van der Waals surface area contributed by atoms with Gasteiger partial charge in [-0.3, -0.25) is 14.4 Å². The Morgan fingerprint density at radius 1 is 0.800 bits per heavy atom. The molecule has 192 valence electrons. The highest BCUT2D eigenvalue weighted by Gasteiger charge is 2.26. The molecule has 0 spiro atoms. The van der Waals surface area contributed by atoms with Crippen molar-refractivity contribution in [3.8, 4) is 0 Å². The first kappa shape index (κ1) is 29.1. The minimum Gasteiger partial charge on any atom is -0.481 e. The van der Waals surface area contributed by atoms with Crippen LogP contribution < -0.4 is 10.9 Å². The molecule has 2 aromatic heterocycles. The summed E-state index contributed by atoms with van der Waals surface area (Å²) in [5.41, 5.74) is -0.857. The van der Waals surface area contributed by atoms with E-state index in [4.69, 9.17) is 0 Å². The Balaban J connectivity index is 1.99. The normalized spacial score (nSPS) is 12.4. The van der Waals surface area contributed by atoms with Gasteiger partial charge in [0, 0.05) is 38.2 Å². The molecule has 0 aromatic carbocycles. The topological polar surface area (TPSA) is 91.7 Å². The molecule has 35 heavy (non-hydrogen) atoms. The predicted molar refractivity (Wildman–Crippen MR) is 147 cm³/mol. The monoisotopic (exact) mass is 518 g/mol. The van der Waals surface area contributed by atoms with Crippen LogP contribution in [0.25, 0.3) is 12.2 Å².